The van der Waals surface area contributed by atoms with Crippen molar-refractivity contribution >= 4 is 12.2 Å². The first-order valence-electron chi connectivity index (χ1n) is 7.99. The molecular weight excluding hydrogens is 264 g/mol. The molecule has 0 aliphatic carbocycles. The molecule has 124 valence electrons. The van der Waals surface area contributed by atoms with Crippen LogP contribution in [0, 0.1) is 10.8 Å². The van der Waals surface area contributed by atoms with E-state index in [0.29, 0.717) is 12.4 Å². The molecule has 0 amide bonds. The van der Waals surface area contributed by atoms with E-state index in [1.807, 2.05) is 13.8 Å². The summed E-state index contributed by atoms with van der Waals surface area (Å²) in [5.41, 5.74) is 5.86. The van der Waals surface area contributed by atoms with Gasteiger partial charge >= 0.3 is 0 Å². The first-order valence-corrected chi connectivity index (χ1v) is 7.99. The van der Waals surface area contributed by atoms with Gasteiger partial charge in [-0.1, -0.05) is 13.8 Å². The number of nitrogens with two attached hydrogens (primary N) is 1. The molecule has 2 fully saturated rings. The maximum absolute atomic E-state index is 7.26. The van der Waals surface area contributed by atoms with Crippen LogP contribution in [0.25, 0.3) is 0 Å². The van der Waals surface area contributed by atoms with Crippen molar-refractivity contribution in [2.75, 3.05) is 39.3 Å². The molecule has 21 heavy (non-hydrogen) atoms. The zero-order valence-electron chi connectivity index (χ0n) is 14.2. The maximum Gasteiger partial charge on any atom is 0.115 e. The van der Waals surface area contributed by atoms with Crippen LogP contribution in [0.5, 0.6) is 0 Å². The summed E-state index contributed by atoms with van der Waals surface area (Å²) in [6.45, 7) is 13.9. The van der Waals surface area contributed by atoms with Crippen molar-refractivity contribution in [2.45, 2.75) is 46.1 Å². The van der Waals surface area contributed by atoms with E-state index in [-0.39, 0.29) is 5.54 Å². The van der Waals surface area contributed by atoms with Gasteiger partial charge in [0, 0.05) is 25.2 Å². The molecule has 0 aromatic heterocycles. The SMILES string of the molecule is CC.CC(C)(N)CN1CCCC1.N=CN1CCNCC1=N. The van der Waals surface area contributed by atoms with Crippen molar-refractivity contribution in [1.82, 2.24) is 15.1 Å². The lowest BCUT2D eigenvalue weighted by Crippen LogP contribution is -2.46. The Balaban J connectivity index is 0.000000342. The first-order chi connectivity index (χ1) is 9.92. The zero-order valence-corrected chi connectivity index (χ0v) is 14.2. The van der Waals surface area contributed by atoms with Gasteiger partial charge < -0.3 is 20.9 Å². The van der Waals surface area contributed by atoms with Crippen molar-refractivity contribution in [3.05, 3.63) is 0 Å². The van der Waals surface area contributed by atoms with Gasteiger partial charge in [0.15, 0.2) is 0 Å². The summed E-state index contributed by atoms with van der Waals surface area (Å²) in [6.07, 6.45) is 3.91. The number of amidine groups is 1. The Hall–Kier alpha value is -0.980. The van der Waals surface area contributed by atoms with E-state index in [1.165, 1.54) is 32.3 Å². The molecule has 0 atom stereocenters. The summed E-state index contributed by atoms with van der Waals surface area (Å²) < 4.78 is 0. The van der Waals surface area contributed by atoms with Crippen LogP contribution in [0.1, 0.15) is 40.5 Å². The molecule has 2 saturated heterocycles. The molecule has 0 radical (unpaired) electrons. The quantitative estimate of drug-likeness (QED) is 0.467. The summed E-state index contributed by atoms with van der Waals surface area (Å²) >= 11 is 0. The second kappa shape index (κ2) is 10.7. The average Bonchev–Trinajstić information content (AvgIpc) is 2.93. The van der Waals surface area contributed by atoms with Crippen molar-refractivity contribution in [3.63, 3.8) is 0 Å². The van der Waals surface area contributed by atoms with E-state index in [1.54, 1.807) is 4.90 Å². The van der Waals surface area contributed by atoms with Gasteiger partial charge in [0.05, 0.1) is 12.9 Å². The van der Waals surface area contributed by atoms with E-state index >= 15 is 0 Å². The summed E-state index contributed by atoms with van der Waals surface area (Å²) in [4.78, 5) is 4.07. The van der Waals surface area contributed by atoms with E-state index in [4.69, 9.17) is 16.6 Å². The number of nitrogens with zero attached hydrogens (tertiary/aromatic N) is 2. The van der Waals surface area contributed by atoms with Crippen LogP contribution in [0.15, 0.2) is 0 Å². The van der Waals surface area contributed by atoms with Crippen LogP contribution in [0.3, 0.4) is 0 Å². The predicted octanol–water partition coefficient (Wildman–Crippen LogP) is 1.32. The smallest absolute Gasteiger partial charge is 0.115 e. The van der Waals surface area contributed by atoms with E-state index in [9.17, 15) is 0 Å². The van der Waals surface area contributed by atoms with Crippen LogP contribution < -0.4 is 11.1 Å². The minimum Gasteiger partial charge on any atom is -0.324 e. The molecule has 0 bridgehead atoms. The van der Waals surface area contributed by atoms with Crippen molar-refractivity contribution < 1.29 is 0 Å². The van der Waals surface area contributed by atoms with Crippen molar-refractivity contribution in [3.8, 4) is 0 Å². The molecule has 2 heterocycles. The molecule has 2 aliphatic rings. The second-order valence-corrected chi connectivity index (χ2v) is 5.92. The maximum atomic E-state index is 7.26. The topological polar surface area (TPSA) is 92.2 Å². The summed E-state index contributed by atoms with van der Waals surface area (Å²) in [5, 5.41) is 17.1. The Kier molecular flexibility index (Phi) is 10.2. The van der Waals surface area contributed by atoms with Crippen LogP contribution in [-0.4, -0.2) is 66.8 Å². The number of hydrogen-bond donors (Lipinski definition) is 4. The van der Waals surface area contributed by atoms with Crippen LogP contribution in [0.4, 0.5) is 0 Å². The van der Waals surface area contributed by atoms with Gasteiger partial charge in [0.25, 0.3) is 0 Å². The van der Waals surface area contributed by atoms with E-state index in [0.717, 1.165) is 19.6 Å². The van der Waals surface area contributed by atoms with Crippen LogP contribution in [0.2, 0.25) is 0 Å². The Bertz CT molecular complexity index is 291. The van der Waals surface area contributed by atoms with Gasteiger partial charge in [-0.2, -0.15) is 0 Å². The van der Waals surface area contributed by atoms with Crippen LogP contribution in [-0.2, 0) is 0 Å². The van der Waals surface area contributed by atoms with E-state index < -0.39 is 0 Å². The standard InChI is InChI=1S/C8H18N2.C5H10N4.C2H6/c1-8(2,9)7-10-5-3-4-6-10;6-4-9-2-1-8-3-5(9)7;1-2/h3-7,9H2,1-2H3;4,6-8H,1-3H2;1-2H3. The average molecular weight is 298 g/mol. The molecular formula is C15H34N6. The largest absolute Gasteiger partial charge is 0.324 e. The highest BCUT2D eigenvalue weighted by Crippen LogP contribution is 2.10. The number of hydrogen-bond acceptors (Lipinski definition) is 5. The first kappa shape index (κ1) is 20.0. The van der Waals surface area contributed by atoms with Crippen molar-refractivity contribution in [1.29, 1.82) is 10.8 Å². The highest BCUT2D eigenvalue weighted by atomic mass is 15.2. The fourth-order valence-corrected chi connectivity index (χ4v) is 2.30. The molecule has 0 unspecified atom stereocenters. The third-order valence-electron chi connectivity index (χ3n) is 3.15. The molecule has 2 aliphatic heterocycles. The van der Waals surface area contributed by atoms with Gasteiger partial charge in [-0.25, -0.2) is 0 Å². The number of nitrogens with one attached hydrogen (secondary N) is 3. The van der Waals surface area contributed by atoms with E-state index in [2.05, 4.69) is 24.1 Å². The van der Waals surface area contributed by atoms with Gasteiger partial charge in [-0.3, -0.25) is 10.8 Å². The lowest BCUT2D eigenvalue weighted by Gasteiger charge is -2.25. The molecule has 6 nitrogen and oxygen atoms in total. The monoisotopic (exact) mass is 298 g/mol. The Morgan fingerprint density at radius 1 is 1.24 bits per heavy atom. The third-order valence-corrected chi connectivity index (χ3v) is 3.15. The van der Waals surface area contributed by atoms with Gasteiger partial charge in [0.2, 0.25) is 0 Å². The van der Waals surface area contributed by atoms with Gasteiger partial charge in [-0.15, -0.1) is 0 Å². The molecule has 0 aromatic rings. The lowest BCUT2D eigenvalue weighted by molar-refractivity contribution is 0.271. The minimum atomic E-state index is -0.00958. The molecule has 2 rings (SSSR count). The lowest BCUT2D eigenvalue weighted by atomic mass is 10.1. The summed E-state index contributed by atoms with van der Waals surface area (Å²) in [6, 6.07) is 0. The Morgan fingerprint density at radius 3 is 2.19 bits per heavy atom. The molecule has 0 spiro atoms. The predicted molar refractivity (Wildman–Crippen MR) is 91.4 cm³/mol. The summed E-state index contributed by atoms with van der Waals surface area (Å²) in [7, 11) is 0. The molecule has 5 N–H and O–H groups in total. The molecule has 0 saturated carbocycles. The highest BCUT2D eigenvalue weighted by Gasteiger charge is 2.18. The zero-order chi connectivity index (χ0) is 16.3. The molecule has 6 heteroatoms. The van der Waals surface area contributed by atoms with Crippen LogP contribution >= 0.6 is 0 Å². The minimum absolute atomic E-state index is 0.00958. The fourth-order valence-electron chi connectivity index (χ4n) is 2.30. The number of piperazine rings is 1. The second-order valence-electron chi connectivity index (χ2n) is 5.92. The molecule has 0 aromatic carbocycles. The summed E-state index contributed by atoms with van der Waals surface area (Å²) in [5.74, 6) is 0.483. The normalized spacial score (nSPS) is 19.3. The number of likely N-dealkylation sites (tertiary alicyclic amines) is 1. The Labute approximate surface area is 130 Å². The Morgan fingerprint density at radius 2 is 1.81 bits per heavy atom. The van der Waals surface area contributed by atoms with Gasteiger partial charge in [0.1, 0.15) is 5.84 Å². The highest BCUT2D eigenvalue weighted by molar-refractivity contribution is 5.90. The fraction of sp³-hybridized carbons (Fsp3) is 0.867. The van der Waals surface area contributed by atoms with Crippen molar-refractivity contribution in [2.24, 2.45) is 5.73 Å². The third kappa shape index (κ3) is 9.55. The van der Waals surface area contributed by atoms with Gasteiger partial charge in [-0.05, 0) is 39.8 Å². The number of rotatable bonds is 3.